The molecule has 1 rings (SSSR count). The largest absolute Gasteiger partial charge is 0.479 e. The smallest absolute Gasteiger partial charge is 0.335 e. The van der Waals surface area contributed by atoms with Crippen LogP contribution in [0, 0.1) is 5.92 Å². The maximum atomic E-state index is 11.4. The lowest BCUT2D eigenvalue weighted by Gasteiger charge is -2.13. The number of carboxylic acids is 1. The van der Waals surface area contributed by atoms with Crippen LogP contribution in [0.5, 0.6) is 0 Å². The summed E-state index contributed by atoms with van der Waals surface area (Å²) in [4.78, 5) is 25.7. The first kappa shape index (κ1) is 22.1. The predicted octanol–water partition coefficient (Wildman–Crippen LogP) is -0.614. The minimum Gasteiger partial charge on any atom is -0.479 e. The quantitative estimate of drug-likeness (QED) is 0.222. The first-order chi connectivity index (χ1) is 11.1. The summed E-state index contributed by atoms with van der Waals surface area (Å²) in [6, 6.07) is -0.276. The molecule has 0 radical (unpaired) electrons. The summed E-state index contributed by atoms with van der Waals surface area (Å²) in [5.41, 5.74) is 15.8. The van der Waals surface area contributed by atoms with Gasteiger partial charge in [0, 0.05) is 6.54 Å². The van der Waals surface area contributed by atoms with E-state index in [-0.39, 0.29) is 24.5 Å². The van der Waals surface area contributed by atoms with E-state index in [2.05, 4.69) is 10.3 Å². The number of nitrogens with one attached hydrogen (secondary N) is 1. The minimum atomic E-state index is -0.995. The van der Waals surface area contributed by atoms with E-state index < -0.39 is 24.2 Å². The molecule has 0 aromatic rings. The van der Waals surface area contributed by atoms with Crippen LogP contribution in [0.15, 0.2) is 4.99 Å². The highest BCUT2D eigenvalue weighted by molar-refractivity contribution is 5.82. The Balaban J connectivity index is 0.000000561. The molecule has 140 valence electrons. The zero-order chi connectivity index (χ0) is 18.9. The van der Waals surface area contributed by atoms with E-state index in [1.165, 1.54) is 0 Å². The fraction of sp³-hybridized carbons (Fsp3) is 0.800. The van der Waals surface area contributed by atoms with Crippen molar-refractivity contribution in [3.05, 3.63) is 0 Å². The van der Waals surface area contributed by atoms with Crippen molar-refractivity contribution in [2.75, 3.05) is 6.54 Å². The number of aliphatic imine (C=N–C) groups is 1. The zero-order valence-electron chi connectivity index (χ0n) is 14.9. The van der Waals surface area contributed by atoms with Crippen LogP contribution in [0.4, 0.5) is 0 Å². The zero-order valence-corrected chi connectivity index (χ0v) is 14.9. The Morgan fingerprint density at radius 2 is 1.88 bits per heavy atom. The van der Waals surface area contributed by atoms with Crippen LogP contribution in [0.25, 0.3) is 0 Å². The Hall–Kier alpha value is -1.87. The van der Waals surface area contributed by atoms with Crippen LogP contribution in [-0.4, -0.2) is 53.8 Å². The molecule has 0 aliphatic carbocycles. The van der Waals surface area contributed by atoms with Gasteiger partial charge in [-0.15, -0.1) is 0 Å². The van der Waals surface area contributed by atoms with Gasteiger partial charge in [0.25, 0.3) is 0 Å². The molecule has 9 heteroatoms. The number of amides is 1. The van der Waals surface area contributed by atoms with Gasteiger partial charge in [0.15, 0.2) is 12.1 Å². The van der Waals surface area contributed by atoms with Crippen LogP contribution in [0.1, 0.15) is 40.5 Å². The van der Waals surface area contributed by atoms with E-state index in [9.17, 15) is 9.59 Å². The molecule has 8 N–H and O–H groups in total. The van der Waals surface area contributed by atoms with Gasteiger partial charge >= 0.3 is 5.97 Å². The number of nitrogens with two attached hydrogens (primary N) is 3. The Morgan fingerprint density at radius 3 is 2.21 bits per heavy atom. The maximum absolute atomic E-state index is 11.4. The lowest BCUT2D eigenvalue weighted by molar-refractivity contribution is -0.138. The van der Waals surface area contributed by atoms with Crippen LogP contribution >= 0.6 is 0 Å². The van der Waals surface area contributed by atoms with E-state index in [0.717, 1.165) is 6.42 Å². The number of hydrogen-bond acceptors (Lipinski definition) is 5. The molecule has 0 saturated carbocycles. The van der Waals surface area contributed by atoms with Crippen molar-refractivity contribution in [3.63, 3.8) is 0 Å². The fourth-order valence-electron chi connectivity index (χ4n) is 1.81. The number of nitrogens with zero attached hydrogens (tertiary/aromatic N) is 1. The Labute approximate surface area is 143 Å². The Kier molecular flexibility index (Phi) is 9.98. The summed E-state index contributed by atoms with van der Waals surface area (Å²) in [6.45, 7) is 8.19. The van der Waals surface area contributed by atoms with Gasteiger partial charge in [-0.25, -0.2) is 4.79 Å². The van der Waals surface area contributed by atoms with E-state index in [0.29, 0.717) is 12.3 Å². The van der Waals surface area contributed by atoms with Gasteiger partial charge in [-0.3, -0.25) is 9.79 Å². The number of carbonyl (C=O) groups excluding carboxylic acids is 1. The molecular weight excluding hydrogens is 314 g/mol. The lowest BCUT2D eigenvalue weighted by atomic mass is 10.0. The van der Waals surface area contributed by atoms with Crippen LogP contribution in [-0.2, 0) is 14.3 Å². The van der Waals surface area contributed by atoms with Gasteiger partial charge in [-0.1, -0.05) is 20.8 Å². The fourth-order valence-corrected chi connectivity index (χ4v) is 1.81. The summed E-state index contributed by atoms with van der Waals surface area (Å²) < 4.78 is 4.83. The van der Waals surface area contributed by atoms with E-state index in [1.54, 1.807) is 0 Å². The average Bonchev–Trinajstić information content (AvgIpc) is 3.23. The molecule has 0 spiro atoms. The van der Waals surface area contributed by atoms with Crippen molar-refractivity contribution in [3.8, 4) is 0 Å². The second kappa shape index (κ2) is 10.8. The third kappa shape index (κ3) is 10.0. The summed E-state index contributed by atoms with van der Waals surface area (Å²) in [6.07, 6.45) is 0.409. The standard InChI is InChI=1S/C10H18N2O4.C5H13N3/c1-5(2)3-6(11)9(13)12-4-7-8(16-7)10(14)15;1-3-4(2)8-5(6)7/h5-8H,3-4,11H2,1-2H3,(H,12,13)(H,14,15);4H,3H2,1-2H3,(H4,6,7,8)/t6-,7-,8+;/m0./s1. The van der Waals surface area contributed by atoms with E-state index >= 15 is 0 Å². The third-order valence-electron chi connectivity index (χ3n) is 3.33. The van der Waals surface area contributed by atoms with Crippen molar-refractivity contribution in [2.45, 2.75) is 64.8 Å². The van der Waals surface area contributed by atoms with E-state index in [4.69, 9.17) is 27.0 Å². The first-order valence-corrected chi connectivity index (χ1v) is 8.08. The predicted molar refractivity (Wildman–Crippen MR) is 92.3 cm³/mol. The summed E-state index contributed by atoms with van der Waals surface area (Å²) >= 11 is 0. The van der Waals surface area contributed by atoms with Crippen molar-refractivity contribution in [1.29, 1.82) is 0 Å². The minimum absolute atomic E-state index is 0.180. The number of aliphatic carboxylic acids is 1. The number of carbonyl (C=O) groups is 2. The number of carboxylic acid groups (broad SMARTS) is 1. The summed E-state index contributed by atoms with van der Waals surface area (Å²) in [7, 11) is 0. The molecule has 0 bridgehead atoms. The number of epoxide rings is 1. The highest BCUT2D eigenvalue weighted by atomic mass is 16.6. The van der Waals surface area contributed by atoms with E-state index in [1.807, 2.05) is 27.7 Å². The van der Waals surface area contributed by atoms with Crippen molar-refractivity contribution in [2.24, 2.45) is 28.1 Å². The van der Waals surface area contributed by atoms with Gasteiger partial charge in [-0.05, 0) is 25.7 Å². The molecule has 1 saturated heterocycles. The number of rotatable bonds is 8. The van der Waals surface area contributed by atoms with Gasteiger partial charge in [0.1, 0.15) is 6.10 Å². The number of guanidine groups is 1. The van der Waals surface area contributed by atoms with Crippen LogP contribution in [0.3, 0.4) is 0 Å². The summed E-state index contributed by atoms with van der Waals surface area (Å²) in [5, 5.41) is 11.1. The van der Waals surface area contributed by atoms with Crippen molar-refractivity contribution >= 4 is 17.8 Å². The Morgan fingerprint density at radius 1 is 1.29 bits per heavy atom. The maximum Gasteiger partial charge on any atom is 0.335 e. The van der Waals surface area contributed by atoms with Crippen LogP contribution < -0.4 is 22.5 Å². The topological polar surface area (TPSA) is 169 Å². The van der Waals surface area contributed by atoms with Crippen molar-refractivity contribution < 1.29 is 19.4 Å². The molecule has 1 amide bonds. The highest BCUT2D eigenvalue weighted by Gasteiger charge is 2.45. The molecule has 1 heterocycles. The molecule has 9 nitrogen and oxygen atoms in total. The van der Waals surface area contributed by atoms with Gasteiger partial charge < -0.3 is 32.4 Å². The average molecular weight is 345 g/mol. The molecular formula is C15H31N5O4. The second-order valence-corrected chi connectivity index (χ2v) is 6.23. The third-order valence-corrected chi connectivity index (χ3v) is 3.33. The normalized spacial score (nSPS) is 21.1. The van der Waals surface area contributed by atoms with Gasteiger partial charge in [0.2, 0.25) is 5.91 Å². The molecule has 0 aromatic carbocycles. The molecule has 1 fully saturated rings. The second-order valence-electron chi connectivity index (χ2n) is 6.23. The highest BCUT2D eigenvalue weighted by Crippen LogP contribution is 2.20. The van der Waals surface area contributed by atoms with Gasteiger partial charge in [0.05, 0.1) is 12.1 Å². The molecule has 4 atom stereocenters. The summed E-state index contributed by atoms with van der Waals surface area (Å²) in [5.74, 6) is -0.719. The molecule has 1 aliphatic rings. The molecule has 24 heavy (non-hydrogen) atoms. The molecule has 0 aromatic heterocycles. The Bertz CT molecular complexity index is 438. The lowest BCUT2D eigenvalue weighted by Crippen LogP contribution is -2.43. The van der Waals surface area contributed by atoms with Crippen LogP contribution in [0.2, 0.25) is 0 Å². The first-order valence-electron chi connectivity index (χ1n) is 8.08. The van der Waals surface area contributed by atoms with Gasteiger partial charge in [-0.2, -0.15) is 0 Å². The monoisotopic (exact) mass is 345 g/mol. The molecule has 1 aliphatic heterocycles. The number of ether oxygens (including phenoxy) is 1. The number of hydrogen-bond donors (Lipinski definition) is 5. The SMILES string of the molecule is CC(C)C[C@H](N)C(=O)NC[C@@H]1O[C@H]1C(=O)O.CCC(C)N=C(N)N. The molecule has 1 unspecified atom stereocenters. The van der Waals surface area contributed by atoms with Crippen molar-refractivity contribution in [1.82, 2.24) is 5.32 Å².